The number of hydrogen-bond acceptors (Lipinski definition) is 6. The van der Waals surface area contributed by atoms with Crippen molar-refractivity contribution in [3.63, 3.8) is 0 Å². The number of fused-ring (bicyclic) bond motifs is 1. The van der Waals surface area contributed by atoms with Gasteiger partial charge in [-0.3, -0.25) is 14.8 Å². The molecule has 0 spiro atoms. The van der Waals surface area contributed by atoms with Crippen molar-refractivity contribution in [3.8, 4) is 0 Å². The van der Waals surface area contributed by atoms with Crippen LogP contribution in [0.1, 0.15) is 23.1 Å². The number of para-hydroxylation sites is 2. The summed E-state index contributed by atoms with van der Waals surface area (Å²) in [5.74, 6) is -1.50. The molecule has 0 aliphatic rings. The number of aromatic amines is 1. The van der Waals surface area contributed by atoms with Crippen LogP contribution in [0, 0.1) is 5.82 Å². The number of H-pyrrole nitrogens is 1. The lowest BCUT2D eigenvalue weighted by molar-refractivity contribution is -0.115. The third kappa shape index (κ3) is 3.72. The highest BCUT2D eigenvalue weighted by Gasteiger charge is 2.21. The van der Waals surface area contributed by atoms with Gasteiger partial charge in [-0.05, 0) is 18.2 Å². The molecule has 0 saturated heterocycles. The van der Waals surface area contributed by atoms with E-state index >= 15 is 0 Å². The Morgan fingerprint density at radius 1 is 1.17 bits per heavy atom. The van der Waals surface area contributed by atoms with E-state index in [1.54, 1.807) is 29.6 Å². The predicted octanol–water partition coefficient (Wildman–Crippen LogP) is 4.20. The van der Waals surface area contributed by atoms with Crippen molar-refractivity contribution in [2.45, 2.75) is 13.5 Å². The van der Waals surface area contributed by atoms with Crippen molar-refractivity contribution >= 4 is 44.9 Å². The maximum atomic E-state index is 14.1. The van der Waals surface area contributed by atoms with Gasteiger partial charge >= 0.3 is 5.97 Å². The Bertz CT molecular complexity index is 1200. The first-order valence-corrected chi connectivity index (χ1v) is 9.52. The highest BCUT2D eigenvalue weighted by atomic mass is 32.1. The average Bonchev–Trinajstić information content (AvgIpc) is 3.35. The topological polar surface area (TPSA) is 88.2 Å². The van der Waals surface area contributed by atoms with Gasteiger partial charge in [-0.2, -0.15) is 5.10 Å². The fraction of sp³-hybridized carbons (Fsp3) is 0.100. The number of ether oxygens (including phenoxy) is 1. The van der Waals surface area contributed by atoms with Crippen LogP contribution in [0.25, 0.3) is 10.9 Å². The van der Waals surface area contributed by atoms with Gasteiger partial charge in [-0.1, -0.05) is 30.3 Å². The van der Waals surface area contributed by atoms with Gasteiger partial charge in [0, 0.05) is 17.7 Å². The molecular formula is C20H15FN4O3S. The Kier molecular flexibility index (Phi) is 5.05. The Morgan fingerprint density at radius 2 is 1.93 bits per heavy atom. The zero-order valence-electron chi connectivity index (χ0n) is 15.3. The Labute approximate surface area is 168 Å². The fourth-order valence-corrected chi connectivity index (χ4v) is 3.70. The van der Waals surface area contributed by atoms with Gasteiger partial charge in [-0.15, -0.1) is 11.3 Å². The number of benzene rings is 2. The number of thiazole rings is 1. The molecule has 0 atom stereocenters. The monoisotopic (exact) mass is 410 g/mol. The van der Waals surface area contributed by atoms with Crippen molar-refractivity contribution in [1.82, 2.24) is 15.2 Å². The summed E-state index contributed by atoms with van der Waals surface area (Å²) >= 11 is 1.16. The van der Waals surface area contributed by atoms with Gasteiger partial charge in [-0.25, -0.2) is 14.2 Å². The summed E-state index contributed by atoms with van der Waals surface area (Å²) < 4.78 is 19.4. The SMILES string of the molecule is CC(=O)N(c1nc(COC(=O)c2n[nH]c3ccccc23)cs1)c1ccccc1F. The van der Waals surface area contributed by atoms with Gasteiger partial charge in [0.1, 0.15) is 12.4 Å². The number of carbonyl (C=O) groups excluding carboxylic acids is 2. The molecular weight excluding hydrogens is 395 g/mol. The molecule has 1 N–H and O–H groups in total. The van der Waals surface area contributed by atoms with Crippen LogP contribution in [0.3, 0.4) is 0 Å². The average molecular weight is 410 g/mol. The van der Waals surface area contributed by atoms with Crippen LogP contribution in [0.4, 0.5) is 15.2 Å². The molecule has 0 aliphatic heterocycles. The maximum Gasteiger partial charge on any atom is 0.359 e. The third-order valence-corrected chi connectivity index (χ3v) is 5.03. The molecule has 4 aromatic rings. The summed E-state index contributed by atoms with van der Waals surface area (Å²) in [7, 11) is 0. The number of hydrogen-bond donors (Lipinski definition) is 1. The Hall–Kier alpha value is -3.59. The van der Waals surface area contributed by atoms with Gasteiger partial charge < -0.3 is 4.74 Å². The highest BCUT2D eigenvalue weighted by Crippen LogP contribution is 2.31. The molecule has 0 fully saturated rings. The molecule has 0 radical (unpaired) electrons. The van der Waals surface area contributed by atoms with Crippen molar-refractivity contribution in [3.05, 3.63) is 71.1 Å². The van der Waals surface area contributed by atoms with E-state index in [1.807, 2.05) is 12.1 Å². The standard InChI is InChI=1S/C20H15FN4O3S/c1-12(26)25(17-9-5-3-7-15(17)21)20-22-13(11-29-20)10-28-19(27)18-14-6-2-4-8-16(14)23-24-18/h2-9,11H,10H2,1H3,(H,23,24). The third-order valence-electron chi connectivity index (χ3n) is 4.15. The van der Waals surface area contributed by atoms with Crippen LogP contribution in [0.15, 0.2) is 53.9 Å². The zero-order valence-corrected chi connectivity index (χ0v) is 16.1. The zero-order chi connectivity index (χ0) is 20.4. The molecule has 0 bridgehead atoms. The van der Waals surface area contributed by atoms with Gasteiger partial charge in [0.05, 0.1) is 16.9 Å². The van der Waals surface area contributed by atoms with E-state index in [1.165, 1.54) is 24.0 Å². The lowest BCUT2D eigenvalue weighted by Gasteiger charge is -2.18. The minimum Gasteiger partial charge on any atom is -0.454 e. The van der Waals surface area contributed by atoms with Crippen LogP contribution in [-0.2, 0) is 16.1 Å². The molecule has 29 heavy (non-hydrogen) atoms. The minimum absolute atomic E-state index is 0.0977. The van der Waals surface area contributed by atoms with Gasteiger partial charge in [0.2, 0.25) is 5.91 Å². The molecule has 0 saturated carbocycles. The molecule has 1 amide bonds. The molecule has 7 nitrogen and oxygen atoms in total. The molecule has 0 aliphatic carbocycles. The van der Waals surface area contributed by atoms with Crippen molar-refractivity contribution in [2.24, 2.45) is 0 Å². The van der Waals surface area contributed by atoms with E-state index in [4.69, 9.17) is 4.74 Å². The quantitative estimate of drug-likeness (QED) is 0.498. The van der Waals surface area contributed by atoms with Crippen LogP contribution < -0.4 is 4.90 Å². The number of esters is 1. The number of halogens is 1. The largest absolute Gasteiger partial charge is 0.454 e. The molecule has 4 rings (SSSR count). The molecule has 2 aromatic carbocycles. The molecule has 0 unspecified atom stereocenters. The second-order valence-electron chi connectivity index (χ2n) is 6.12. The fourth-order valence-electron chi connectivity index (χ4n) is 2.83. The second kappa shape index (κ2) is 7.80. The van der Waals surface area contributed by atoms with E-state index in [0.717, 1.165) is 16.9 Å². The number of anilines is 2. The molecule has 9 heteroatoms. The van der Waals surface area contributed by atoms with Gasteiger partial charge in [0.25, 0.3) is 0 Å². The number of nitrogens with zero attached hydrogens (tertiary/aromatic N) is 3. The van der Waals surface area contributed by atoms with E-state index in [9.17, 15) is 14.0 Å². The first-order valence-electron chi connectivity index (χ1n) is 8.64. The molecule has 2 heterocycles. The van der Waals surface area contributed by atoms with E-state index in [-0.39, 0.29) is 23.9 Å². The number of nitrogens with one attached hydrogen (secondary N) is 1. The van der Waals surface area contributed by atoms with E-state index in [0.29, 0.717) is 16.2 Å². The van der Waals surface area contributed by atoms with Crippen LogP contribution in [-0.4, -0.2) is 27.1 Å². The summed E-state index contributed by atoms with van der Waals surface area (Å²) in [5, 5.41) is 9.39. The summed E-state index contributed by atoms with van der Waals surface area (Å²) in [4.78, 5) is 29.9. The van der Waals surface area contributed by atoms with E-state index < -0.39 is 11.8 Å². The Balaban J connectivity index is 1.51. The second-order valence-corrected chi connectivity index (χ2v) is 6.96. The molecule has 2 aromatic heterocycles. The summed E-state index contributed by atoms with van der Waals surface area (Å²) in [6, 6.07) is 13.2. The van der Waals surface area contributed by atoms with Crippen LogP contribution in [0.2, 0.25) is 0 Å². The minimum atomic E-state index is -0.588. The first-order chi connectivity index (χ1) is 14.0. The number of carbonyl (C=O) groups is 2. The predicted molar refractivity (Wildman–Crippen MR) is 107 cm³/mol. The van der Waals surface area contributed by atoms with Crippen molar-refractivity contribution in [2.75, 3.05) is 4.90 Å². The smallest absolute Gasteiger partial charge is 0.359 e. The van der Waals surface area contributed by atoms with Crippen LogP contribution >= 0.6 is 11.3 Å². The highest BCUT2D eigenvalue weighted by molar-refractivity contribution is 7.14. The normalized spacial score (nSPS) is 10.8. The van der Waals surface area contributed by atoms with Crippen molar-refractivity contribution in [1.29, 1.82) is 0 Å². The summed E-state index contributed by atoms with van der Waals surface area (Å²) in [5.41, 5.74) is 1.48. The van der Waals surface area contributed by atoms with Gasteiger partial charge in [0.15, 0.2) is 10.8 Å². The lowest BCUT2D eigenvalue weighted by Crippen LogP contribution is -2.23. The van der Waals surface area contributed by atoms with E-state index in [2.05, 4.69) is 15.2 Å². The number of aromatic nitrogens is 3. The first kappa shape index (κ1) is 18.8. The summed E-state index contributed by atoms with van der Waals surface area (Å²) in [6.45, 7) is 1.23. The summed E-state index contributed by atoms with van der Waals surface area (Å²) in [6.07, 6.45) is 0. The number of rotatable bonds is 5. The Morgan fingerprint density at radius 3 is 2.72 bits per heavy atom. The maximum absolute atomic E-state index is 14.1. The lowest BCUT2D eigenvalue weighted by atomic mass is 10.2. The number of amides is 1. The van der Waals surface area contributed by atoms with Crippen LogP contribution in [0.5, 0.6) is 0 Å². The molecule has 146 valence electrons. The van der Waals surface area contributed by atoms with Crippen molar-refractivity contribution < 1.29 is 18.7 Å².